The number of hydrogen-bond acceptors (Lipinski definition) is 5. The number of aliphatic hydroxyl groups excluding tert-OH is 3. The largest absolute Gasteiger partial charge is 0.395 e. The van der Waals surface area contributed by atoms with Crippen LogP contribution in [0, 0.1) is 5.41 Å². The van der Waals surface area contributed by atoms with Crippen LogP contribution in [-0.4, -0.2) is 51.7 Å². The summed E-state index contributed by atoms with van der Waals surface area (Å²) in [5, 5.41) is 27.0. The predicted molar refractivity (Wildman–Crippen MR) is 63.9 cm³/mol. The Morgan fingerprint density at radius 2 is 1.73 bits per heavy atom. The van der Waals surface area contributed by atoms with Gasteiger partial charge in [-0.3, -0.25) is 0 Å². The maximum atomic E-state index is 9.20. The van der Waals surface area contributed by atoms with E-state index in [1.807, 2.05) is 20.8 Å². The second-order valence-electron chi connectivity index (χ2n) is 4.78. The molecule has 0 aromatic heterocycles. The van der Waals surface area contributed by atoms with Gasteiger partial charge in [-0.05, 0) is 5.41 Å². The summed E-state index contributed by atoms with van der Waals surface area (Å²) < 4.78 is 0. The van der Waals surface area contributed by atoms with E-state index in [2.05, 4.69) is 0 Å². The van der Waals surface area contributed by atoms with E-state index in [9.17, 15) is 10.2 Å². The van der Waals surface area contributed by atoms with Crippen molar-refractivity contribution < 1.29 is 15.3 Å². The molecule has 0 aliphatic carbocycles. The van der Waals surface area contributed by atoms with E-state index in [4.69, 9.17) is 10.8 Å². The van der Waals surface area contributed by atoms with Crippen molar-refractivity contribution in [2.45, 2.75) is 38.2 Å². The molecule has 0 heterocycles. The van der Waals surface area contributed by atoms with Gasteiger partial charge in [0.1, 0.15) is 0 Å². The van der Waals surface area contributed by atoms with Crippen LogP contribution in [0.3, 0.4) is 0 Å². The Morgan fingerprint density at radius 1 is 1.20 bits per heavy atom. The monoisotopic (exact) mass is 237 g/mol. The van der Waals surface area contributed by atoms with Crippen molar-refractivity contribution in [3.63, 3.8) is 0 Å². The fourth-order valence-corrected chi connectivity index (χ4v) is 2.41. The summed E-state index contributed by atoms with van der Waals surface area (Å²) in [6.45, 7) is 5.78. The van der Waals surface area contributed by atoms with Crippen LogP contribution in [0.15, 0.2) is 0 Å². The van der Waals surface area contributed by atoms with Gasteiger partial charge in [0.15, 0.2) is 0 Å². The minimum Gasteiger partial charge on any atom is -0.395 e. The Bertz CT molecular complexity index is 173. The van der Waals surface area contributed by atoms with E-state index >= 15 is 0 Å². The molecule has 4 nitrogen and oxygen atoms in total. The summed E-state index contributed by atoms with van der Waals surface area (Å²) in [4.78, 5) is 0. The second kappa shape index (κ2) is 6.70. The van der Waals surface area contributed by atoms with Crippen molar-refractivity contribution in [3.8, 4) is 0 Å². The molecule has 3 unspecified atom stereocenters. The fraction of sp³-hybridized carbons (Fsp3) is 1.00. The van der Waals surface area contributed by atoms with Gasteiger partial charge >= 0.3 is 0 Å². The van der Waals surface area contributed by atoms with Crippen LogP contribution in [0.2, 0.25) is 0 Å². The van der Waals surface area contributed by atoms with E-state index < -0.39 is 6.10 Å². The molecule has 0 saturated carbocycles. The first kappa shape index (κ1) is 15.2. The first-order valence-electron chi connectivity index (χ1n) is 5.10. The first-order valence-corrected chi connectivity index (χ1v) is 6.14. The summed E-state index contributed by atoms with van der Waals surface area (Å²) in [6.07, 6.45) is -0.740. The Balaban J connectivity index is 4.13. The van der Waals surface area contributed by atoms with Gasteiger partial charge < -0.3 is 21.1 Å². The molecule has 0 aromatic rings. The standard InChI is InChI=1S/C10H23NO3S/c1-10(2,3)9(11)8(5-13)15-6-7(14)4-12/h7-9,12-14H,4-6,11H2,1-3H3. The Labute approximate surface area is 95.9 Å². The highest BCUT2D eigenvalue weighted by Crippen LogP contribution is 2.26. The molecule has 0 rings (SSSR count). The Hall–Kier alpha value is 0.190. The molecule has 15 heavy (non-hydrogen) atoms. The van der Waals surface area contributed by atoms with Gasteiger partial charge in [-0.1, -0.05) is 20.8 Å². The van der Waals surface area contributed by atoms with Crippen molar-refractivity contribution in [3.05, 3.63) is 0 Å². The third kappa shape index (κ3) is 5.73. The Morgan fingerprint density at radius 3 is 2.07 bits per heavy atom. The molecule has 5 N–H and O–H groups in total. The number of thioether (sulfide) groups is 1. The molecular formula is C10H23NO3S. The highest BCUT2D eigenvalue weighted by atomic mass is 32.2. The van der Waals surface area contributed by atoms with Crippen LogP contribution in [-0.2, 0) is 0 Å². The van der Waals surface area contributed by atoms with Gasteiger partial charge in [0.25, 0.3) is 0 Å². The summed E-state index contributed by atoms with van der Waals surface area (Å²) in [5.74, 6) is 0.394. The van der Waals surface area contributed by atoms with Gasteiger partial charge in [-0.15, -0.1) is 0 Å². The molecule has 3 atom stereocenters. The quantitative estimate of drug-likeness (QED) is 0.514. The molecule has 0 aromatic carbocycles. The van der Waals surface area contributed by atoms with Crippen molar-refractivity contribution in [1.29, 1.82) is 0 Å². The van der Waals surface area contributed by atoms with Crippen LogP contribution in [0.5, 0.6) is 0 Å². The van der Waals surface area contributed by atoms with E-state index in [1.54, 1.807) is 0 Å². The molecule has 0 saturated heterocycles. The lowest BCUT2D eigenvalue weighted by Crippen LogP contribution is -2.45. The zero-order chi connectivity index (χ0) is 12.1. The zero-order valence-electron chi connectivity index (χ0n) is 9.68. The second-order valence-corrected chi connectivity index (χ2v) is 6.05. The number of rotatable bonds is 6. The topological polar surface area (TPSA) is 86.7 Å². The number of nitrogens with two attached hydrogens (primary N) is 1. The van der Waals surface area contributed by atoms with Gasteiger partial charge in [0.05, 0.1) is 19.3 Å². The zero-order valence-corrected chi connectivity index (χ0v) is 10.5. The molecule has 92 valence electrons. The average molecular weight is 237 g/mol. The molecular weight excluding hydrogens is 214 g/mol. The summed E-state index contributed by atoms with van der Waals surface area (Å²) >= 11 is 1.40. The lowest BCUT2D eigenvalue weighted by molar-refractivity contribution is 0.113. The molecule has 0 amide bonds. The fourth-order valence-electron chi connectivity index (χ4n) is 1.11. The molecule has 0 radical (unpaired) electrons. The van der Waals surface area contributed by atoms with Gasteiger partial charge in [-0.2, -0.15) is 11.8 Å². The molecule has 0 aliphatic rings. The van der Waals surface area contributed by atoms with Crippen molar-refractivity contribution in [1.82, 2.24) is 0 Å². The third-order valence-electron chi connectivity index (χ3n) is 2.29. The minimum atomic E-state index is -0.740. The highest BCUT2D eigenvalue weighted by Gasteiger charge is 2.29. The molecule has 0 fully saturated rings. The molecule has 5 heteroatoms. The van der Waals surface area contributed by atoms with Crippen LogP contribution in [0.25, 0.3) is 0 Å². The van der Waals surface area contributed by atoms with Crippen molar-refractivity contribution in [2.75, 3.05) is 19.0 Å². The smallest absolute Gasteiger partial charge is 0.0861 e. The van der Waals surface area contributed by atoms with Crippen LogP contribution in [0.1, 0.15) is 20.8 Å². The van der Waals surface area contributed by atoms with E-state index in [0.717, 1.165) is 0 Å². The third-order valence-corrected chi connectivity index (χ3v) is 3.74. The molecule has 0 spiro atoms. The maximum Gasteiger partial charge on any atom is 0.0861 e. The predicted octanol–water partition coefficient (Wildman–Crippen LogP) is -0.193. The van der Waals surface area contributed by atoms with Crippen molar-refractivity contribution >= 4 is 11.8 Å². The van der Waals surface area contributed by atoms with Crippen molar-refractivity contribution in [2.24, 2.45) is 11.1 Å². The van der Waals surface area contributed by atoms with Crippen LogP contribution < -0.4 is 5.73 Å². The number of hydrogen-bond donors (Lipinski definition) is 4. The summed E-state index contributed by atoms with van der Waals surface area (Å²) in [6, 6.07) is -0.140. The maximum absolute atomic E-state index is 9.20. The summed E-state index contributed by atoms with van der Waals surface area (Å²) in [5.41, 5.74) is 5.93. The summed E-state index contributed by atoms with van der Waals surface area (Å²) in [7, 11) is 0. The SMILES string of the molecule is CC(C)(C)C(N)C(CO)SCC(O)CO. The molecule has 0 aliphatic heterocycles. The highest BCUT2D eigenvalue weighted by molar-refractivity contribution is 8.00. The average Bonchev–Trinajstić information content (AvgIpc) is 2.16. The Kier molecular flexibility index (Phi) is 6.79. The lowest BCUT2D eigenvalue weighted by Gasteiger charge is -2.33. The first-order chi connectivity index (χ1) is 6.82. The van der Waals surface area contributed by atoms with Crippen LogP contribution >= 0.6 is 11.8 Å². The minimum absolute atomic E-state index is 0.0126. The number of aliphatic hydroxyl groups is 3. The van der Waals surface area contributed by atoms with Gasteiger partial charge in [0, 0.05) is 17.0 Å². The molecule has 0 bridgehead atoms. The van der Waals surface area contributed by atoms with E-state index in [0.29, 0.717) is 5.75 Å². The van der Waals surface area contributed by atoms with Crippen LogP contribution in [0.4, 0.5) is 0 Å². The lowest BCUT2D eigenvalue weighted by atomic mass is 9.85. The van der Waals surface area contributed by atoms with Gasteiger partial charge in [-0.25, -0.2) is 0 Å². The van der Waals surface area contributed by atoms with E-state index in [-0.39, 0.29) is 29.9 Å². The van der Waals surface area contributed by atoms with Gasteiger partial charge in [0.2, 0.25) is 0 Å². The normalized spacial score (nSPS) is 18.6. The van der Waals surface area contributed by atoms with E-state index in [1.165, 1.54) is 11.8 Å².